The van der Waals surface area contributed by atoms with Gasteiger partial charge in [-0.05, 0) is 32.1 Å². The van der Waals surface area contributed by atoms with Crippen molar-refractivity contribution in [3.8, 4) is 6.07 Å². The van der Waals surface area contributed by atoms with E-state index in [0.717, 1.165) is 18.4 Å². The second-order valence-corrected chi connectivity index (χ2v) is 5.10. The molecular formula is C14H17NO2. The lowest BCUT2D eigenvalue weighted by atomic mass is 9.69. The molecule has 0 amide bonds. The summed E-state index contributed by atoms with van der Waals surface area (Å²) in [5.74, 6) is 0.199. The molecule has 0 bridgehead atoms. The van der Waals surface area contributed by atoms with Gasteiger partial charge < -0.3 is 4.74 Å². The van der Waals surface area contributed by atoms with Crippen LogP contribution in [0.15, 0.2) is 23.3 Å². The third-order valence-electron chi connectivity index (χ3n) is 3.78. The van der Waals surface area contributed by atoms with E-state index in [4.69, 9.17) is 4.74 Å². The topological polar surface area (TPSA) is 50.1 Å². The Morgan fingerprint density at radius 3 is 2.76 bits per heavy atom. The summed E-state index contributed by atoms with van der Waals surface area (Å²) in [6.07, 6.45) is 7.73. The Hall–Kier alpha value is -1.56. The molecule has 0 radical (unpaired) electrons. The zero-order chi connectivity index (χ0) is 12.5. The summed E-state index contributed by atoms with van der Waals surface area (Å²) in [4.78, 5) is 11.7. The van der Waals surface area contributed by atoms with Crippen molar-refractivity contribution in [2.75, 3.05) is 7.11 Å². The molecule has 90 valence electrons. The zero-order valence-corrected chi connectivity index (χ0v) is 10.3. The quantitative estimate of drug-likeness (QED) is 0.686. The standard InChI is InChI=1S/C14H17NO2/c1-14(9-15)7-6-11(13(16)17-2)12(8-14)10-4-3-5-10/h6-7,10H,3-5,8H2,1-2H3. The molecule has 3 heteroatoms. The molecular weight excluding hydrogens is 214 g/mol. The Labute approximate surface area is 102 Å². The van der Waals surface area contributed by atoms with Crippen LogP contribution >= 0.6 is 0 Å². The maximum atomic E-state index is 11.7. The van der Waals surface area contributed by atoms with Crippen molar-refractivity contribution in [2.24, 2.45) is 11.3 Å². The SMILES string of the molecule is COC(=O)C1=C(C2CCC2)CC(C)(C#N)C=C1. The number of hydrogen-bond acceptors (Lipinski definition) is 3. The molecule has 0 aromatic carbocycles. The van der Waals surface area contributed by atoms with E-state index in [2.05, 4.69) is 6.07 Å². The van der Waals surface area contributed by atoms with Gasteiger partial charge in [-0.2, -0.15) is 5.26 Å². The van der Waals surface area contributed by atoms with Crippen LogP contribution in [0.4, 0.5) is 0 Å². The Morgan fingerprint density at radius 1 is 1.59 bits per heavy atom. The van der Waals surface area contributed by atoms with E-state index in [1.165, 1.54) is 13.5 Å². The fourth-order valence-corrected chi connectivity index (χ4v) is 2.43. The lowest BCUT2D eigenvalue weighted by Crippen LogP contribution is -2.26. The molecule has 2 aliphatic rings. The summed E-state index contributed by atoms with van der Waals surface area (Å²) < 4.78 is 4.81. The van der Waals surface area contributed by atoms with Crippen LogP contribution in [-0.2, 0) is 9.53 Å². The zero-order valence-electron chi connectivity index (χ0n) is 10.3. The number of ether oxygens (including phenoxy) is 1. The van der Waals surface area contributed by atoms with Gasteiger partial charge in [0.1, 0.15) is 0 Å². The third-order valence-corrected chi connectivity index (χ3v) is 3.78. The van der Waals surface area contributed by atoms with Gasteiger partial charge in [-0.25, -0.2) is 4.79 Å². The van der Waals surface area contributed by atoms with E-state index >= 15 is 0 Å². The summed E-state index contributed by atoms with van der Waals surface area (Å²) in [7, 11) is 1.40. The van der Waals surface area contributed by atoms with Crippen molar-refractivity contribution in [3.63, 3.8) is 0 Å². The number of nitriles is 1. The Bertz CT molecular complexity index is 438. The second kappa shape index (κ2) is 4.37. The Kier molecular flexibility index (Phi) is 3.06. The highest BCUT2D eigenvalue weighted by Gasteiger charge is 2.35. The van der Waals surface area contributed by atoms with Gasteiger partial charge in [-0.1, -0.05) is 24.1 Å². The van der Waals surface area contributed by atoms with Gasteiger partial charge in [0, 0.05) is 0 Å². The lowest BCUT2D eigenvalue weighted by Gasteiger charge is -2.34. The molecule has 0 aromatic heterocycles. The molecule has 2 aliphatic carbocycles. The smallest absolute Gasteiger partial charge is 0.337 e. The molecule has 3 nitrogen and oxygen atoms in total. The summed E-state index contributed by atoms with van der Waals surface area (Å²) >= 11 is 0. The van der Waals surface area contributed by atoms with E-state index < -0.39 is 5.41 Å². The summed E-state index contributed by atoms with van der Waals surface area (Å²) in [5.41, 5.74) is 1.32. The largest absolute Gasteiger partial charge is 0.465 e. The van der Waals surface area contributed by atoms with Gasteiger partial charge >= 0.3 is 5.97 Å². The van der Waals surface area contributed by atoms with Gasteiger partial charge in [0.05, 0.1) is 24.2 Å². The molecule has 17 heavy (non-hydrogen) atoms. The van der Waals surface area contributed by atoms with Crippen molar-refractivity contribution in [2.45, 2.75) is 32.6 Å². The average Bonchev–Trinajstić information content (AvgIpc) is 2.26. The number of methoxy groups -OCH3 is 1. The van der Waals surface area contributed by atoms with Crippen LogP contribution in [0.25, 0.3) is 0 Å². The van der Waals surface area contributed by atoms with Crippen LogP contribution in [-0.4, -0.2) is 13.1 Å². The minimum atomic E-state index is -0.470. The Morgan fingerprint density at radius 2 is 2.29 bits per heavy atom. The van der Waals surface area contributed by atoms with Crippen molar-refractivity contribution in [3.05, 3.63) is 23.3 Å². The van der Waals surface area contributed by atoms with Crippen LogP contribution in [0.3, 0.4) is 0 Å². The Balaban J connectivity index is 2.34. The van der Waals surface area contributed by atoms with Crippen LogP contribution in [0.1, 0.15) is 32.6 Å². The third kappa shape index (κ3) is 2.12. The number of esters is 1. The summed E-state index contributed by atoms with van der Waals surface area (Å²) in [6.45, 7) is 1.91. The van der Waals surface area contributed by atoms with E-state index in [1.54, 1.807) is 6.08 Å². The number of hydrogen-bond donors (Lipinski definition) is 0. The first-order chi connectivity index (χ1) is 8.09. The molecule has 0 aliphatic heterocycles. The molecule has 2 rings (SSSR count). The molecule has 0 N–H and O–H groups in total. The molecule has 1 unspecified atom stereocenters. The lowest BCUT2D eigenvalue weighted by molar-refractivity contribution is -0.135. The highest BCUT2D eigenvalue weighted by Crippen LogP contribution is 2.44. The number of allylic oxidation sites excluding steroid dienone is 2. The van der Waals surface area contributed by atoms with Crippen LogP contribution < -0.4 is 0 Å². The van der Waals surface area contributed by atoms with E-state index in [9.17, 15) is 10.1 Å². The van der Waals surface area contributed by atoms with Crippen molar-refractivity contribution < 1.29 is 9.53 Å². The number of nitrogens with zero attached hydrogens (tertiary/aromatic N) is 1. The van der Waals surface area contributed by atoms with Crippen molar-refractivity contribution in [1.29, 1.82) is 5.26 Å². The van der Waals surface area contributed by atoms with Gasteiger partial charge in [0.25, 0.3) is 0 Å². The first-order valence-electron chi connectivity index (χ1n) is 6.01. The van der Waals surface area contributed by atoms with E-state index in [-0.39, 0.29) is 5.97 Å². The number of carbonyl (C=O) groups excluding carboxylic acids is 1. The normalized spacial score (nSPS) is 28.5. The maximum Gasteiger partial charge on any atom is 0.337 e. The molecule has 0 saturated heterocycles. The molecule has 0 heterocycles. The van der Waals surface area contributed by atoms with Crippen molar-refractivity contribution >= 4 is 5.97 Å². The molecule has 0 aromatic rings. The van der Waals surface area contributed by atoms with Gasteiger partial charge in [0.2, 0.25) is 0 Å². The highest BCUT2D eigenvalue weighted by molar-refractivity contribution is 5.93. The predicted octanol–water partition coefficient (Wildman–Crippen LogP) is 2.75. The molecule has 1 saturated carbocycles. The highest BCUT2D eigenvalue weighted by atomic mass is 16.5. The average molecular weight is 231 g/mol. The number of carbonyl (C=O) groups is 1. The number of rotatable bonds is 2. The van der Waals surface area contributed by atoms with E-state index in [0.29, 0.717) is 17.9 Å². The second-order valence-electron chi connectivity index (χ2n) is 5.10. The van der Waals surface area contributed by atoms with Crippen molar-refractivity contribution in [1.82, 2.24) is 0 Å². The minimum Gasteiger partial charge on any atom is -0.465 e. The summed E-state index contributed by atoms with van der Waals surface area (Å²) in [5, 5.41) is 9.18. The maximum absolute atomic E-state index is 11.7. The van der Waals surface area contributed by atoms with Crippen LogP contribution in [0, 0.1) is 22.7 Å². The van der Waals surface area contributed by atoms with Gasteiger partial charge in [-0.15, -0.1) is 0 Å². The fraction of sp³-hybridized carbons (Fsp3) is 0.571. The fourth-order valence-electron chi connectivity index (χ4n) is 2.43. The van der Waals surface area contributed by atoms with Crippen LogP contribution in [0.5, 0.6) is 0 Å². The van der Waals surface area contributed by atoms with E-state index in [1.807, 2.05) is 13.0 Å². The van der Waals surface area contributed by atoms with Gasteiger partial charge in [0.15, 0.2) is 0 Å². The first-order valence-corrected chi connectivity index (χ1v) is 6.01. The monoisotopic (exact) mass is 231 g/mol. The minimum absolute atomic E-state index is 0.275. The molecule has 1 atom stereocenters. The van der Waals surface area contributed by atoms with Crippen LogP contribution in [0.2, 0.25) is 0 Å². The predicted molar refractivity (Wildman–Crippen MR) is 63.9 cm³/mol. The molecule has 0 spiro atoms. The first kappa shape index (κ1) is 11.9. The summed E-state index contributed by atoms with van der Waals surface area (Å²) in [6, 6.07) is 2.32. The van der Waals surface area contributed by atoms with Gasteiger partial charge in [-0.3, -0.25) is 0 Å². The molecule has 1 fully saturated rings.